The van der Waals surface area contributed by atoms with Crippen LogP contribution < -0.4 is 15.8 Å². The average molecular weight is 270 g/mol. The summed E-state index contributed by atoms with van der Waals surface area (Å²) in [5.74, 6) is 0.738. The highest BCUT2D eigenvalue weighted by Gasteiger charge is 2.08. The second kappa shape index (κ2) is 6.33. The van der Waals surface area contributed by atoms with Crippen molar-refractivity contribution in [1.82, 2.24) is 0 Å². The molecular weight excluding hydrogens is 248 g/mol. The van der Waals surface area contributed by atoms with Crippen molar-refractivity contribution in [3.63, 3.8) is 0 Å². The number of nitrogens with two attached hydrogens (primary N) is 1. The molecule has 0 aliphatic heterocycles. The normalized spacial score (nSPS) is 10.3. The Kier molecular flexibility index (Phi) is 4.51. The third-order valence-corrected chi connectivity index (χ3v) is 3.40. The molecule has 3 nitrogen and oxygen atoms in total. The van der Waals surface area contributed by atoms with Gasteiger partial charge in [-0.15, -0.1) is 0 Å². The molecule has 0 bridgehead atoms. The first-order valence-electron chi connectivity index (χ1n) is 6.98. The Morgan fingerprint density at radius 2 is 1.75 bits per heavy atom. The van der Waals surface area contributed by atoms with E-state index < -0.39 is 0 Å². The Balaban J connectivity index is 2.27. The molecular formula is C17H22N2O. The molecule has 0 aliphatic rings. The van der Waals surface area contributed by atoms with Crippen LogP contribution in [0.15, 0.2) is 36.4 Å². The number of para-hydroxylation sites is 1. The molecule has 0 atom stereocenters. The van der Waals surface area contributed by atoms with Gasteiger partial charge < -0.3 is 15.8 Å². The van der Waals surface area contributed by atoms with E-state index in [1.165, 1.54) is 11.1 Å². The number of hydrogen-bond donors (Lipinski definition) is 2. The molecule has 0 fully saturated rings. The van der Waals surface area contributed by atoms with Gasteiger partial charge in [0, 0.05) is 5.69 Å². The van der Waals surface area contributed by atoms with Crippen LogP contribution in [0.2, 0.25) is 0 Å². The van der Waals surface area contributed by atoms with E-state index in [1.807, 2.05) is 24.3 Å². The molecule has 3 heteroatoms. The third-order valence-electron chi connectivity index (χ3n) is 3.40. The molecule has 106 valence electrons. The van der Waals surface area contributed by atoms with E-state index in [9.17, 15) is 0 Å². The summed E-state index contributed by atoms with van der Waals surface area (Å²) >= 11 is 0. The van der Waals surface area contributed by atoms with Gasteiger partial charge in [0.25, 0.3) is 0 Å². The molecule has 0 amide bonds. The van der Waals surface area contributed by atoms with E-state index in [0.29, 0.717) is 12.3 Å². The number of ether oxygens (including phenoxy) is 1. The molecule has 0 saturated heterocycles. The van der Waals surface area contributed by atoms with Crippen LogP contribution in [0.5, 0.6) is 5.75 Å². The van der Waals surface area contributed by atoms with Gasteiger partial charge in [-0.05, 0) is 49.6 Å². The summed E-state index contributed by atoms with van der Waals surface area (Å²) in [5.41, 5.74) is 11.3. The van der Waals surface area contributed by atoms with Gasteiger partial charge in [-0.3, -0.25) is 0 Å². The summed E-state index contributed by atoms with van der Waals surface area (Å²) in [5, 5.41) is 3.39. The number of aryl methyl sites for hydroxylation is 1. The first kappa shape index (κ1) is 14.3. The molecule has 2 rings (SSSR count). The van der Waals surface area contributed by atoms with Crippen molar-refractivity contribution in [2.24, 2.45) is 0 Å². The van der Waals surface area contributed by atoms with Crippen LogP contribution >= 0.6 is 0 Å². The zero-order valence-electron chi connectivity index (χ0n) is 12.4. The summed E-state index contributed by atoms with van der Waals surface area (Å²) in [7, 11) is 0. The maximum Gasteiger partial charge on any atom is 0.144 e. The number of anilines is 3. The fraction of sp³-hybridized carbons (Fsp3) is 0.294. The molecule has 20 heavy (non-hydrogen) atoms. The number of benzene rings is 2. The summed E-state index contributed by atoms with van der Waals surface area (Å²) in [4.78, 5) is 0. The quantitative estimate of drug-likeness (QED) is 0.791. The van der Waals surface area contributed by atoms with E-state index in [-0.39, 0.29) is 0 Å². The highest BCUT2D eigenvalue weighted by atomic mass is 16.5. The van der Waals surface area contributed by atoms with E-state index in [0.717, 1.165) is 23.5 Å². The van der Waals surface area contributed by atoms with Crippen LogP contribution in [-0.4, -0.2) is 6.61 Å². The molecule has 0 aliphatic carbocycles. The van der Waals surface area contributed by atoms with Gasteiger partial charge in [0.05, 0.1) is 18.0 Å². The van der Waals surface area contributed by atoms with Crippen molar-refractivity contribution in [2.75, 3.05) is 17.7 Å². The Morgan fingerprint density at radius 3 is 2.50 bits per heavy atom. The lowest BCUT2D eigenvalue weighted by molar-refractivity contribution is 0.319. The highest BCUT2D eigenvalue weighted by Crippen LogP contribution is 2.32. The minimum Gasteiger partial charge on any atom is -0.491 e. The highest BCUT2D eigenvalue weighted by molar-refractivity contribution is 5.78. The molecule has 0 heterocycles. The van der Waals surface area contributed by atoms with Crippen molar-refractivity contribution in [3.05, 3.63) is 47.5 Å². The van der Waals surface area contributed by atoms with Gasteiger partial charge in [-0.25, -0.2) is 0 Å². The molecule has 0 aromatic heterocycles. The van der Waals surface area contributed by atoms with Gasteiger partial charge in [0.2, 0.25) is 0 Å². The van der Waals surface area contributed by atoms with E-state index in [4.69, 9.17) is 10.5 Å². The Hall–Kier alpha value is -2.16. The van der Waals surface area contributed by atoms with Crippen LogP contribution in [0.3, 0.4) is 0 Å². The Morgan fingerprint density at radius 1 is 1.05 bits per heavy atom. The first-order chi connectivity index (χ1) is 9.63. The lowest BCUT2D eigenvalue weighted by atomic mass is 10.1. The largest absolute Gasteiger partial charge is 0.491 e. The first-order valence-corrected chi connectivity index (χ1v) is 6.98. The van der Waals surface area contributed by atoms with Crippen LogP contribution in [0.1, 0.15) is 24.5 Å². The van der Waals surface area contributed by atoms with Crippen LogP contribution in [0, 0.1) is 13.8 Å². The van der Waals surface area contributed by atoms with Gasteiger partial charge in [-0.1, -0.05) is 25.1 Å². The van der Waals surface area contributed by atoms with E-state index >= 15 is 0 Å². The topological polar surface area (TPSA) is 47.3 Å². The zero-order valence-corrected chi connectivity index (χ0v) is 12.4. The van der Waals surface area contributed by atoms with Gasteiger partial charge in [-0.2, -0.15) is 0 Å². The maximum atomic E-state index is 6.17. The molecule has 2 aromatic carbocycles. The second-order valence-electron chi connectivity index (χ2n) is 4.94. The standard InChI is InChI=1S/C17H22N2O/c1-4-11-20-16-10-6-9-15(17(16)18)19-14-8-5-7-12(2)13(14)3/h5-10,19H,4,11,18H2,1-3H3. The molecule has 0 unspecified atom stereocenters. The van der Waals surface area contributed by atoms with Crippen molar-refractivity contribution in [1.29, 1.82) is 0 Å². The fourth-order valence-corrected chi connectivity index (χ4v) is 2.02. The maximum absolute atomic E-state index is 6.17. The second-order valence-corrected chi connectivity index (χ2v) is 4.94. The zero-order chi connectivity index (χ0) is 14.5. The molecule has 3 N–H and O–H groups in total. The molecule has 0 radical (unpaired) electrons. The fourth-order valence-electron chi connectivity index (χ4n) is 2.02. The van der Waals surface area contributed by atoms with Crippen molar-refractivity contribution >= 4 is 17.1 Å². The number of hydrogen-bond acceptors (Lipinski definition) is 3. The summed E-state index contributed by atoms with van der Waals surface area (Å²) in [6, 6.07) is 12.0. The van der Waals surface area contributed by atoms with Crippen LogP contribution in [0.4, 0.5) is 17.1 Å². The van der Waals surface area contributed by atoms with Crippen molar-refractivity contribution < 1.29 is 4.74 Å². The van der Waals surface area contributed by atoms with Gasteiger partial charge in [0.1, 0.15) is 5.75 Å². The number of rotatable bonds is 5. The van der Waals surface area contributed by atoms with Crippen LogP contribution in [0.25, 0.3) is 0 Å². The minimum atomic E-state index is 0.654. The molecule has 2 aromatic rings. The predicted octanol–water partition coefficient (Wildman–Crippen LogP) is 4.42. The number of nitrogens with one attached hydrogen (secondary N) is 1. The predicted molar refractivity (Wildman–Crippen MR) is 85.8 cm³/mol. The summed E-state index contributed by atoms with van der Waals surface area (Å²) < 4.78 is 5.65. The summed E-state index contributed by atoms with van der Waals surface area (Å²) in [6.45, 7) is 6.96. The third kappa shape index (κ3) is 3.05. The SMILES string of the molecule is CCCOc1cccc(Nc2cccc(C)c2C)c1N. The minimum absolute atomic E-state index is 0.654. The summed E-state index contributed by atoms with van der Waals surface area (Å²) in [6.07, 6.45) is 0.966. The molecule has 0 saturated carbocycles. The van der Waals surface area contributed by atoms with E-state index in [2.05, 4.69) is 38.2 Å². The Bertz CT molecular complexity index is 594. The van der Waals surface area contributed by atoms with Crippen molar-refractivity contribution in [2.45, 2.75) is 27.2 Å². The van der Waals surface area contributed by atoms with Gasteiger partial charge in [0.15, 0.2) is 0 Å². The van der Waals surface area contributed by atoms with Crippen LogP contribution in [-0.2, 0) is 0 Å². The van der Waals surface area contributed by atoms with E-state index in [1.54, 1.807) is 0 Å². The lowest BCUT2D eigenvalue weighted by Crippen LogP contribution is -2.03. The lowest BCUT2D eigenvalue weighted by Gasteiger charge is -2.15. The average Bonchev–Trinajstić information content (AvgIpc) is 2.44. The Labute approximate surface area is 120 Å². The van der Waals surface area contributed by atoms with Crippen molar-refractivity contribution in [3.8, 4) is 5.75 Å². The molecule has 0 spiro atoms. The smallest absolute Gasteiger partial charge is 0.144 e. The monoisotopic (exact) mass is 270 g/mol. The number of nitrogen functional groups attached to an aromatic ring is 1. The van der Waals surface area contributed by atoms with Gasteiger partial charge >= 0.3 is 0 Å².